The number of carbonyl (C=O) groups excluding carboxylic acids is 1. The number of carbonyl (C=O) groups is 1. The van der Waals surface area contributed by atoms with E-state index in [0.717, 1.165) is 44.8 Å². The summed E-state index contributed by atoms with van der Waals surface area (Å²) in [6.45, 7) is 5.29. The lowest BCUT2D eigenvalue weighted by molar-refractivity contribution is -0.121. The first-order valence-electron chi connectivity index (χ1n) is 9.53. The molecule has 0 saturated carbocycles. The standard InChI is InChI=1S/C20H25ClN4O3/c21-17-4-2-16(3-5-17)18-6-7-20(27)25(23-18)11-8-19(26)22-9-1-10-24-12-14-28-15-13-24/h2-7H,1,8-15H2,(H,22,26). The van der Waals surface area contributed by atoms with Crippen molar-refractivity contribution in [1.82, 2.24) is 20.0 Å². The molecule has 28 heavy (non-hydrogen) atoms. The van der Waals surface area contributed by atoms with E-state index in [9.17, 15) is 9.59 Å². The third kappa shape index (κ3) is 6.15. The fraction of sp³-hybridized carbons (Fsp3) is 0.450. The van der Waals surface area contributed by atoms with Crippen molar-refractivity contribution >= 4 is 17.5 Å². The normalized spacial score (nSPS) is 14.8. The lowest BCUT2D eigenvalue weighted by Gasteiger charge is -2.26. The van der Waals surface area contributed by atoms with Crippen LogP contribution in [0.1, 0.15) is 12.8 Å². The van der Waals surface area contributed by atoms with E-state index in [4.69, 9.17) is 16.3 Å². The number of aryl methyl sites for hydroxylation is 1. The van der Waals surface area contributed by atoms with Crippen LogP contribution in [0.25, 0.3) is 11.3 Å². The number of nitrogens with one attached hydrogen (secondary N) is 1. The summed E-state index contributed by atoms with van der Waals surface area (Å²) >= 11 is 5.91. The van der Waals surface area contributed by atoms with E-state index in [1.54, 1.807) is 18.2 Å². The fourth-order valence-electron chi connectivity index (χ4n) is 3.03. The van der Waals surface area contributed by atoms with Crippen LogP contribution in [0.5, 0.6) is 0 Å². The molecule has 1 aromatic heterocycles. The van der Waals surface area contributed by atoms with Crippen molar-refractivity contribution in [2.45, 2.75) is 19.4 Å². The molecule has 1 aliphatic rings. The molecule has 1 aliphatic heterocycles. The predicted molar refractivity (Wildman–Crippen MR) is 108 cm³/mol. The van der Waals surface area contributed by atoms with Gasteiger partial charge < -0.3 is 10.1 Å². The third-order valence-electron chi connectivity index (χ3n) is 4.63. The van der Waals surface area contributed by atoms with Crippen LogP contribution in [0.2, 0.25) is 5.02 Å². The molecule has 1 saturated heterocycles. The number of halogens is 1. The maximum atomic E-state index is 12.1. The molecule has 2 aromatic rings. The Hall–Kier alpha value is -2.22. The Kier molecular flexibility index (Phi) is 7.59. The van der Waals surface area contributed by atoms with Crippen LogP contribution < -0.4 is 10.9 Å². The molecule has 0 atom stereocenters. The van der Waals surface area contributed by atoms with E-state index in [1.165, 1.54) is 10.7 Å². The number of aromatic nitrogens is 2. The number of hydrogen-bond donors (Lipinski definition) is 1. The quantitative estimate of drug-likeness (QED) is 0.679. The zero-order valence-electron chi connectivity index (χ0n) is 15.8. The van der Waals surface area contributed by atoms with E-state index in [2.05, 4.69) is 15.3 Å². The summed E-state index contributed by atoms with van der Waals surface area (Å²) in [5.74, 6) is -0.0763. The Morgan fingerprint density at radius 2 is 1.86 bits per heavy atom. The summed E-state index contributed by atoms with van der Waals surface area (Å²) in [7, 11) is 0. The van der Waals surface area contributed by atoms with Gasteiger partial charge in [-0.1, -0.05) is 23.7 Å². The smallest absolute Gasteiger partial charge is 0.266 e. The minimum atomic E-state index is -0.224. The Balaban J connectivity index is 1.45. The van der Waals surface area contributed by atoms with Crippen molar-refractivity contribution in [3.05, 3.63) is 51.8 Å². The van der Waals surface area contributed by atoms with Crippen LogP contribution in [0.15, 0.2) is 41.2 Å². The average Bonchev–Trinajstić information content (AvgIpc) is 2.72. The van der Waals surface area contributed by atoms with E-state index in [1.807, 2.05) is 12.1 Å². The highest BCUT2D eigenvalue weighted by Gasteiger charge is 2.10. The van der Waals surface area contributed by atoms with E-state index in [0.29, 0.717) is 17.3 Å². The monoisotopic (exact) mass is 404 g/mol. The molecular formula is C20H25ClN4O3. The molecule has 0 radical (unpaired) electrons. The average molecular weight is 405 g/mol. The zero-order chi connectivity index (χ0) is 19.8. The number of rotatable bonds is 8. The van der Waals surface area contributed by atoms with E-state index in [-0.39, 0.29) is 24.4 Å². The molecule has 1 aromatic carbocycles. The van der Waals surface area contributed by atoms with Crippen LogP contribution in [-0.4, -0.2) is 60.0 Å². The largest absolute Gasteiger partial charge is 0.379 e. The van der Waals surface area contributed by atoms with Gasteiger partial charge in [-0.15, -0.1) is 0 Å². The number of amides is 1. The van der Waals surface area contributed by atoms with Gasteiger partial charge in [-0.2, -0.15) is 5.10 Å². The second-order valence-electron chi connectivity index (χ2n) is 6.69. The number of hydrogen-bond acceptors (Lipinski definition) is 5. The Morgan fingerprint density at radius 1 is 1.11 bits per heavy atom. The summed E-state index contributed by atoms with van der Waals surface area (Å²) in [6, 6.07) is 10.4. The van der Waals surface area contributed by atoms with Gasteiger partial charge >= 0.3 is 0 Å². The number of benzene rings is 1. The number of nitrogens with zero attached hydrogens (tertiary/aromatic N) is 3. The molecule has 3 rings (SSSR count). The van der Waals surface area contributed by atoms with E-state index >= 15 is 0 Å². The van der Waals surface area contributed by atoms with Crippen LogP contribution in [-0.2, 0) is 16.1 Å². The molecule has 1 N–H and O–H groups in total. The minimum absolute atomic E-state index is 0.0763. The van der Waals surface area contributed by atoms with Gasteiger partial charge in [0, 0.05) is 42.7 Å². The minimum Gasteiger partial charge on any atom is -0.379 e. The molecule has 0 unspecified atom stereocenters. The van der Waals surface area contributed by atoms with Gasteiger partial charge in [0.15, 0.2) is 0 Å². The maximum absolute atomic E-state index is 12.1. The van der Waals surface area contributed by atoms with Crippen LogP contribution in [0, 0.1) is 0 Å². The van der Waals surface area contributed by atoms with Gasteiger partial charge in [0.25, 0.3) is 5.56 Å². The number of morpholine rings is 1. The van der Waals surface area contributed by atoms with Gasteiger partial charge in [-0.05, 0) is 31.2 Å². The van der Waals surface area contributed by atoms with Crippen LogP contribution >= 0.6 is 11.6 Å². The van der Waals surface area contributed by atoms with E-state index < -0.39 is 0 Å². The fourth-order valence-corrected chi connectivity index (χ4v) is 3.16. The highest BCUT2D eigenvalue weighted by atomic mass is 35.5. The summed E-state index contributed by atoms with van der Waals surface area (Å²) in [5, 5.41) is 7.92. The lowest BCUT2D eigenvalue weighted by Crippen LogP contribution is -2.38. The molecule has 150 valence electrons. The van der Waals surface area contributed by atoms with Crippen LogP contribution in [0.4, 0.5) is 0 Å². The zero-order valence-corrected chi connectivity index (χ0v) is 16.5. The lowest BCUT2D eigenvalue weighted by atomic mass is 10.1. The molecule has 7 nitrogen and oxygen atoms in total. The highest BCUT2D eigenvalue weighted by molar-refractivity contribution is 6.30. The summed E-state index contributed by atoms with van der Waals surface area (Å²) in [4.78, 5) is 26.4. The molecule has 1 fully saturated rings. The van der Waals surface area contributed by atoms with Gasteiger partial charge in [-0.3, -0.25) is 14.5 Å². The summed E-state index contributed by atoms with van der Waals surface area (Å²) < 4.78 is 6.65. The predicted octanol–water partition coefficient (Wildman–Crippen LogP) is 1.79. The first-order chi connectivity index (χ1) is 13.6. The molecule has 1 amide bonds. The Labute approximate surface area is 169 Å². The second kappa shape index (κ2) is 10.4. The van der Waals surface area contributed by atoms with Crippen molar-refractivity contribution in [2.75, 3.05) is 39.4 Å². The van der Waals surface area contributed by atoms with Gasteiger partial charge in [0.2, 0.25) is 5.91 Å². The van der Waals surface area contributed by atoms with Crippen molar-refractivity contribution in [2.24, 2.45) is 0 Å². The molecular weight excluding hydrogens is 380 g/mol. The Morgan fingerprint density at radius 3 is 2.61 bits per heavy atom. The van der Waals surface area contributed by atoms with Crippen molar-refractivity contribution < 1.29 is 9.53 Å². The Bertz CT molecular complexity index is 832. The first-order valence-corrected chi connectivity index (χ1v) is 9.90. The van der Waals surface area contributed by atoms with Crippen molar-refractivity contribution in [3.63, 3.8) is 0 Å². The maximum Gasteiger partial charge on any atom is 0.266 e. The van der Waals surface area contributed by atoms with Crippen molar-refractivity contribution in [1.29, 1.82) is 0 Å². The molecule has 0 aliphatic carbocycles. The topological polar surface area (TPSA) is 76.5 Å². The summed E-state index contributed by atoms with van der Waals surface area (Å²) in [5.41, 5.74) is 1.31. The van der Waals surface area contributed by atoms with Crippen molar-refractivity contribution in [3.8, 4) is 11.3 Å². The van der Waals surface area contributed by atoms with Gasteiger partial charge in [0.05, 0.1) is 25.5 Å². The molecule has 0 bridgehead atoms. The van der Waals surface area contributed by atoms with Crippen LogP contribution in [0.3, 0.4) is 0 Å². The third-order valence-corrected chi connectivity index (χ3v) is 4.89. The SMILES string of the molecule is O=C(CCn1nc(-c2ccc(Cl)cc2)ccc1=O)NCCCN1CCOCC1. The molecule has 2 heterocycles. The first kappa shape index (κ1) is 20.5. The van der Waals surface area contributed by atoms with Gasteiger partial charge in [-0.25, -0.2) is 4.68 Å². The highest BCUT2D eigenvalue weighted by Crippen LogP contribution is 2.18. The second-order valence-corrected chi connectivity index (χ2v) is 7.13. The van der Waals surface area contributed by atoms with Gasteiger partial charge in [0.1, 0.15) is 0 Å². The molecule has 8 heteroatoms. The molecule has 0 spiro atoms. The summed E-state index contributed by atoms with van der Waals surface area (Å²) in [6.07, 6.45) is 1.12. The number of ether oxygens (including phenoxy) is 1.